The second-order valence-corrected chi connectivity index (χ2v) is 5.82. The zero-order valence-electron chi connectivity index (χ0n) is 10.5. The summed E-state index contributed by atoms with van der Waals surface area (Å²) in [5, 5.41) is 3.73. The first-order chi connectivity index (χ1) is 8.84. The van der Waals surface area contributed by atoms with Crippen LogP contribution in [0.3, 0.4) is 0 Å². The molecule has 1 aliphatic rings. The Morgan fingerprint density at radius 2 is 1.72 bits per heavy atom. The van der Waals surface area contributed by atoms with Crippen molar-refractivity contribution in [2.75, 3.05) is 5.75 Å². The van der Waals surface area contributed by atoms with Crippen molar-refractivity contribution < 1.29 is 0 Å². The molecule has 2 atom stereocenters. The molecule has 0 aliphatic carbocycles. The smallest absolute Gasteiger partial charge is 0.0590 e. The van der Waals surface area contributed by atoms with Gasteiger partial charge in [-0.05, 0) is 24.1 Å². The fourth-order valence-electron chi connectivity index (χ4n) is 2.41. The van der Waals surface area contributed by atoms with E-state index < -0.39 is 0 Å². The summed E-state index contributed by atoms with van der Waals surface area (Å²) in [6.45, 7) is 2.26. The van der Waals surface area contributed by atoms with Gasteiger partial charge in [0.1, 0.15) is 0 Å². The number of hydrogen-bond acceptors (Lipinski definition) is 2. The van der Waals surface area contributed by atoms with Gasteiger partial charge in [-0.25, -0.2) is 0 Å². The van der Waals surface area contributed by atoms with Gasteiger partial charge in [0.15, 0.2) is 0 Å². The lowest BCUT2D eigenvalue weighted by atomic mass is 9.98. The maximum absolute atomic E-state index is 3.73. The van der Waals surface area contributed by atoms with Crippen LogP contribution >= 0.6 is 11.8 Å². The van der Waals surface area contributed by atoms with Crippen molar-refractivity contribution in [3.05, 3.63) is 65.7 Å². The van der Waals surface area contributed by atoms with Gasteiger partial charge in [-0.15, -0.1) is 11.8 Å². The van der Waals surface area contributed by atoms with E-state index in [0.29, 0.717) is 12.1 Å². The van der Waals surface area contributed by atoms with E-state index in [2.05, 4.69) is 66.8 Å². The Kier molecular flexibility index (Phi) is 3.39. The molecule has 0 fully saturated rings. The third kappa shape index (κ3) is 2.31. The number of rotatable bonds is 1. The van der Waals surface area contributed by atoms with Gasteiger partial charge in [0, 0.05) is 16.7 Å². The zero-order chi connectivity index (χ0) is 12.4. The van der Waals surface area contributed by atoms with E-state index in [-0.39, 0.29) is 0 Å². The number of thioether (sulfide) groups is 1. The Balaban J connectivity index is 2.07. The molecule has 0 saturated carbocycles. The summed E-state index contributed by atoms with van der Waals surface area (Å²) >= 11 is 1.95. The van der Waals surface area contributed by atoms with Crippen LogP contribution in [0.15, 0.2) is 59.5 Å². The van der Waals surface area contributed by atoms with E-state index >= 15 is 0 Å². The molecule has 2 aromatic carbocycles. The van der Waals surface area contributed by atoms with E-state index in [4.69, 9.17) is 0 Å². The van der Waals surface area contributed by atoms with Gasteiger partial charge in [0.05, 0.1) is 6.04 Å². The predicted octanol–water partition coefficient (Wildman–Crippen LogP) is 3.86. The average molecular weight is 255 g/mol. The van der Waals surface area contributed by atoms with E-state index in [1.165, 1.54) is 16.0 Å². The summed E-state index contributed by atoms with van der Waals surface area (Å²) in [6.07, 6.45) is 0. The van der Waals surface area contributed by atoms with Crippen molar-refractivity contribution in [3.8, 4) is 0 Å². The van der Waals surface area contributed by atoms with E-state index in [0.717, 1.165) is 5.75 Å². The second kappa shape index (κ2) is 5.17. The minimum absolute atomic E-state index is 0.312. The highest BCUT2D eigenvalue weighted by Crippen LogP contribution is 2.34. The van der Waals surface area contributed by atoms with Crippen LogP contribution in [0.5, 0.6) is 0 Å². The van der Waals surface area contributed by atoms with Crippen LogP contribution in [0.25, 0.3) is 0 Å². The molecule has 0 radical (unpaired) electrons. The minimum atomic E-state index is 0.312. The first kappa shape index (κ1) is 11.8. The third-order valence-electron chi connectivity index (χ3n) is 3.30. The molecule has 1 heterocycles. The Hall–Kier alpha value is -1.25. The normalized spacial score (nSPS) is 23.2. The van der Waals surface area contributed by atoms with Crippen molar-refractivity contribution >= 4 is 11.8 Å². The summed E-state index contributed by atoms with van der Waals surface area (Å²) in [5.41, 5.74) is 2.75. The first-order valence-electron chi connectivity index (χ1n) is 6.37. The van der Waals surface area contributed by atoms with Crippen LogP contribution in [0, 0.1) is 0 Å². The topological polar surface area (TPSA) is 12.0 Å². The van der Waals surface area contributed by atoms with Crippen LogP contribution in [-0.2, 0) is 0 Å². The van der Waals surface area contributed by atoms with E-state index in [1.807, 2.05) is 11.8 Å². The van der Waals surface area contributed by atoms with Gasteiger partial charge in [0.25, 0.3) is 0 Å². The molecule has 1 N–H and O–H groups in total. The molecule has 0 bridgehead atoms. The summed E-state index contributed by atoms with van der Waals surface area (Å²) in [5.74, 6) is 1.13. The van der Waals surface area contributed by atoms with Crippen molar-refractivity contribution in [1.29, 1.82) is 0 Å². The highest BCUT2D eigenvalue weighted by atomic mass is 32.2. The Morgan fingerprint density at radius 3 is 2.56 bits per heavy atom. The maximum Gasteiger partial charge on any atom is 0.0590 e. The van der Waals surface area contributed by atoms with Crippen LogP contribution in [0.4, 0.5) is 0 Å². The molecule has 0 spiro atoms. The third-order valence-corrected chi connectivity index (χ3v) is 4.65. The van der Waals surface area contributed by atoms with Crippen LogP contribution in [0.2, 0.25) is 0 Å². The molecule has 0 amide bonds. The lowest BCUT2D eigenvalue weighted by Gasteiger charge is -2.21. The molecule has 0 aromatic heterocycles. The fourth-order valence-corrected chi connectivity index (χ4v) is 3.46. The van der Waals surface area contributed by atoms with Gasteiger partial charge < -0.3 is 5.32 Å². The van der Waals surface area contributed by atoms with Gasteiger partial charge in [-0.2, -0.15) is 0 Å². The number of hydrogen-bond donors (Lipinski definition) is 1. The first-order valence-corrected chi connectivity index (χ1v) is 7.36. The van der Waals surface area contributed by atoms with Gasteiger partial charge in [-0.1, -0.05) is 48.5 Å². The van der Waals surface area contributed by atoms with E-state index in [9.17, 15) is 0 Å². The summed E-state index contributed by atoms with van der Waals surface area (Å²) in [6, 6.07) is 20.3. The van der Waals surface area contributed by atoms with Crippen LogP contribution in [0.1, 0.15) is 24.1 Å². The van der Waals surface area contributed by atoms with Gasteiger partial charge in [-0.3, -0.25) is 0 Å². The summed E-state index contributed by atoms with van der Waals surface area (Å²) < 4.78 is 0. The Morgan fingerprint density at radius 1 is 1.00 bits per heavy atom. The molecule has 0 saturated heterocycles. The molecule has 2 unspecified atom stereocenters. The van der Waals surface area contributed by atoms with Crippen LogP contribution in [-0.4, -0.2) is 11.8 Å². The van der Waals surface area contributed by atoms with Crippen molar-refractivity contribution in [2.45, 2.75) is 23.9 Å². The highest BCUT2D eigenvalue weighted by molar-refractivity contribution is 7.99. The Labute approximate surface area is 113 Å². The average Bonchev–Trinajstić information content (AvgIpc) is 2.60. The minimum Gasteiger partial charge on any atom is -0.303 e. The highest BCUT2D eigenvalue weighted by Gasteiger charge is 2.22. The molecular formula is C16H17NS. The lowest BCUT2D eigenvalue weighted by Crippen LogP contribution is -2.31. The zero-order valence-corrected chi connectivity index (χ0v) is 11.3. The molecule has 92 valence electrons. The van der Waals surface area contributed by atoms with E-state index in [1.54, 1.807) is 0 Å². The standard InChI is InChI=1S/C16H17NS/c1-12-11-18-15-10-6-5-9-14(15)16(17-12)13-7-3-2-4-8-13/h2-10,12,16-17H,11H2,1H3. The molecule has 1 aliphatic heterocycles. The number of benzene rings is 2. The molecule has 18 heavy (non-hydrogen) atoms. The SMILES string of the molecule is CC1CSc2ccccc2C(c2ccccc2)N1. The quantitative estimate of drug-likeness (QED) is 0.830. The van der Waals surface area contributed by atoms with Crippen molar-refractivity contribution in [3.63, 3.8) is 0 Å². The second-order valence-electron chi connectivity index (χ2n) is 4.76. The lowest BCUT2D eigenvalue weighted by molar-refractivity contribution is 0.535. The van der Waals surface area contributed by atoms with Crippen molar-refractivity contribution in [2.24, 2.45) is 0 Å². The molecular weight excluding hydrogens is 238 g/mol. The molecule has 2 heteroatoms. The predicted molar refractivity (Wildman–Crippen MR) is 78.0 cm³/mol. The maximum atomic E-state index is 3.73. The number of fused-ring (bicyclic) bond motifs is 1. The molecule has 3 rings (SSSR count). The summed E-state index contributed by atoms with van der Waals surface area (Å²) in [7, 11) is 0. The monoisotopic (exact) mass is 255 g/mol. The molecule has 1 nitrogen and oxygen atoms in total. The Bertz CT molecular complexity index is 524. The largest absolute Gasteiger partial charge is 0.303 e. The van der Waals surface area contributed by atoms with Gasteiger partial charge in [0.2, 0.25) is 0 Å². The van der Waals surface area contributed by atoms with Gasteiger partial charge >= 0.3 is 0 Å². The number of nitrogens with one attached hydrogen (secondary N) is 1. The summed E-state index contributed by atoms with van der Waals surface area (Å²) in [4.78, 5) is 1.41. The molecule has 2 aromatic rings. The van der Waals surface area contributed by atoms with Crippen LogP contribution < -0.4 is 5.32 Å². The van der Waals surface area contributed by atoms with Crippen molar-refractivity contribution in [1.82, 2.24) is 5.32 Å². The fraction of sp³-hybridized carbons (Fsp3) is 0.250.